The van der Waals surface area contributed by atoms with Gasteiger partial charge in [0.05, 0.1) is 11.0 Å². The van der Waals surface area contributed by atoms with Crippen LogP contribution in [0.4, 0.5) is 0 Å². The predicted molar refractivity (Wildman–Crippen MR) is 120 cm³/mol. The molecule has 0 saturated carbocycles. The van der Waals surface area contributed by atoms with Gasteiger partial charge in [-0.2, -0.15) is 0 Å². The smallest absolute Gasteiger partial charge is 0.219 e. The average Bonchev–Trinajstić information content (AvgIpc) is 3.07. The van der Waals surface area contributed by atoms with Crippen LogP contribution in [0.1, 0.15) is 26.1 Å². The number of hydrogen-bond acceptors (Lipinski definition) is 3. The molecule has 2 N–H and O–H groups in total. The van der Waals surface area contributed by atoms with E-state index in [-0.39, 0.29) is 29.9 Å². The minimum atomic E-state index is 0. The number of aryl methyl sites for hydroxylation is 1. The molecule has 1 amide bonds. The number of aromatic amines is 1. The fourth-order valence-electron chi connectivity index (χ4n) is 3.21. The van der Waals surface area contributed by atoms with Gasteiger partial charge in [-0.25, -0.2) is 4.98 Å². The summed E-state index contributed by atoms with van der Waals surface area (Å²) in [6.07, 6.45) is 1.83. The van der Waals surface area contributed by atoms with Crippen molar-refractivity contribution in [2.45, 2.75) is 26.7 Å². The molecule has 1 aromatic carbocycles. The molecule has 0 atom stereocenters. The highest BCUT2D eigenvalue weighted by Gasteiger charge is 2.20. The van der Waals surface area contributed by atoms with Crippen molar-refractivity contribution >= 4 is 46.9 Å². The fraction of sp³-hybridized carbons (Fsp3) is 0.526. The molecule has 27 heavy (non-hydrogen) atoms. The van der Waals surface area contributed by atoms with Crippen molar-refractivity contribution in [1.29, 1.82) is 0 Å². The number of nitrogens with zero attached hydrogens (tertiary/aromatic N) is 4. The molecule has 3 rings (SSSR count). The molecule has 1 saturated heterocycles. The van der Waals surface area contributed by atoms with Crippen molar-refractivity contribution in [2.75, 3.05) is 39.3 Å². The van der Waals surface area contributed by atoms with Gasteiger partial charge in [0.25, 0.3) is 0 Å². The van der Waals surface area contributed by atoms with Crippen LogP contribution in [0.2, 0.25) is 0 Å². The van der Waals surface area contributed by atoms with Crippen LogP contribution in [0.3, 0.4) is 0 Å². The highest BCUT2D eigenvalue weighted by Crippen LogP contribution is 2.11. The molecule has 0 unspecified atom stereocenters. The van der Waals surface area contributed by atoms with E-state index in [0.717, 1.165) is 74.9 Å². The maximum absolute atomic E-state index is 11.5. The van der Waals surface area contributed by atoms with Gasteiger partial charge >= 0.3 is 0 Å². The lowest BCUT2D eigenvalue weighted by Crippen LogP contribution is -2.53. The van der Waals surface area contributed by atoms with Crippen molar-refractivity contribution < 1.29 is 4.79 Å². The predicted octanol–water partition coefficient (Wildman–Crippen LogP) is 2.24. The molecule has 148 valence electrons. The SMILES string of the molecule is CCNC(=NCCCc1nc2ccccc2[nH]1)N1CCN(C(C)=O)CC1.I. The van der Waals surface area contributed by atoms with E-state index >= 15 is 0 Å². The van der Waals surface area contributed by atoms with E-state index in [0.29, 0.717) is 0 Å². The number of carbonyl (C=O) groups is 1. The van der Waals surface area contributed by atoms with Crippen LogP contribution in [0.25, 0.3) is 11.0 Å². The van der Waals surface area contributed by atoms with E-state index in [1.807, 2.05) is 29.2 Å². The quantitative estimate of drug-likeness (QED) is 0.296. The lowest BCUT2D eigenvalue weighted by atomic mass is 10.3. The monoisotopic (exact) mass is 484 g/mol. The maximum atomic E-state index is 11.5. The van der Waals surface area contributed by atoms with Crippen molar-refractivity contribution in [3.05, 3.63) is 30.1 Å². The number of halogens is 1. The molecule has 1 fully saturated rings. The van der Waals surface area contributed by atoms with Crippen LogP contribution < -0.4 is 5.32 Å². The van der Waals surface area contributed by atoms with Gasteiger partial charge < -0.3 is 20.1 Å². The number of piperazine rings is 1. The summed E-state index contributed by atoms with van der Waals surface area (Å²) in [5, 5.41) is 3.37. The number of benzene rings is 1. The van der Waals surface area contributed by atoms with Gasteiger partial charge in [-0.05, 0) is 25.5 Å². The van der Waals surface area contributed by atoms with Crippen molar-refractivity contribution in [1.82, 2.24) is 25.1 Å². The second-order valence-electron chi connectivity index (χ2n) is 6.53. The van der Waals surface area contributed by atoms with Crippen molar-refractivity contribution in [3.63, 3.8) is 0 Å². The van der Waals surface area contributed by atoms with Crippen LogP contribution in [-0.4, -0.2) is 70.9 Å². The van der Waals surface area contributed by atoms with Gasteiger partial charge in [0.1, 0.15) is 5.82 Å². The van der Waals surface area contributed by atoms with Crippen LogP contribution in [0.5, 0.6) is 0 Å². The largest absolute Gasteiger partial charge is 0.357 e. The van der Waals surface area contributed by atoms with E-state index < -0.39 is 0 Å². The van der Waals surface area contributed by atoms with E-state index in [1.54, 1.807) is 6.92 Å². The Morgan fingerprint density at radius 2 is 1.93 bits per heavy atom. The maximum Gasteiger partial charge on any atom is 0.219 e. The van der Waals surface area contributed by atoms with Gasteiger partial charge in [-0.1, -0.05) is 12.1 Å². The lowest BCUT2D eigenvalue weighted by Gasteiger charge is -2.36. The third kappa shape index (κ3) is 5.82. The topological polar surface area (TPSA) is 76.6 Å². The molecule has 0 spiro atoms. The number of guanidine groups is 1. The zero-order chi connectivity index (χ0) is 18.4. The zero-order valence-corrected chi connectivity index (χ0v) is 18.4. The molecular weight excluding hydrogens is 455 g/mol. The lowest BCUT2D eigenvalue weighted by molar-refractivity contribution is -0.130. The molecule has 1 aromatic heterocycles. The normalized spacial score (nSPS) is 15.0. The number of rotatable bonds is 5. The first-order chi connectivity index (χ1) is 12.7. The van der Waals surface area contributed by atoms with Gasteiger partial charge in [-0.15, -0.1) is 24.0 Å². The number of imidazole rings is 1. The number of H-pyrrole nitrogens is 1. The molecular formula is C19H29IN6O. The summed E-state index contributed by atoms with van der Waals surface area (Å²) in [5.41, 5.74) is 2.10. The van der Waals surface area contributed by atoms with Crippen LogP contribution >= 0.6 is 24.0 Å². The minimum absolute atomic E-state index is 0. The fourth-order valence-corrected chi connectivity index (χ4v) is 3.21. The number of fused-ring (bicyclic) bond motifs is 1. The number of amides is 1. The van der Waals surface area contributed by atoms with Crippen molar-refractivity contribution in [2.24, 2.45) is 4.99 Å². The minimum Gasteiger partial charge on any atom is -0.357 e. The number of carbonyl (C=O) groups excluding carboxylic acids is 1. The molecule has 0 aliphatic carbocycles. The van der Waals surface area contributed by atoms with Crippen LogP contribution in [-0.2, 0) is 11.2 Å². The zero-order valence-electron chi connectivity index (χ0n) is 16.1. The molecule has 0 bridgehead atoms. The van der Waals surface area contributed by atoms with Gasteiger partial charge in [0.2, 0.25) is 5.91 Å². The first kappa shape index (κ1) is 21.5. The summed E-state index contributed by atoms with van der Waals surface area (Å²) >= 11 is 0. The molecule has 8 heteroatoms. The molecule has 1 aliphatic rings. The van der Waals surface area contributed by atoms with E-state index in [4.69, 9.17) is 4.99 Å². The first-order valence-corrected chi connectivity index (χ1v) is 9.39. The highest BCUT2D eigenvalue weighted by molar-refractivity contribution is 14.0. The Morgan fingerprint density at radius 1 is 1.22 bits per heavy atom. The Bertz CT molecular complexity index is 733. The number of hydrogen-bond donors (Lipinski definition) is 2. The summed E-state index contributed by atoms with van der Waals surface area (Å²) in [6, 6.07) is 8.10. The number of nitrogens with one attached hydrogen (secondary N) is 2. The summed E-state index contributed by atoms with van der Waals surface area (Å²) < 4.78 is 0. The molecule has 2 heterocycles. The third-order valence-corrected chi connectivity index (χ3v) is 4.63. The molecule has 0 radical (unpaired) electrons. The Balaban J connectivity index is 0.00000261. The molecule has 1 aliphatic heterocycles. The van der Waals surface area contributed by atoms with Gasteiger partial charge in [-0.3, -0.25) is 9.79 Å². The molecule has 7 nitrogen and oxygen atoms in total. The summed E-state index contributed by atoms with van der Waals surface area (Å²) in [6.45, 7) is 8.49. The van der Waals surface area contributed by atoms with E-state index in [1.165, 1.54) is 0 Å². The number of para-hydroxylation sites is 2. The Labute approximate surface area is 177 Å². The summed E-state index contributed by atoms with van der Waals surface area (Å²) in [4.78, 5) is 28.3. The first-order valence-electron chi connectivity index (χ1n) is 9.39. The standard InChI is InChI=1S/C19H28N6O.HI/c1-3-20-19(25-13-11-24(12-14-25)15(2)26)21-10-6-9-18-22-16-7-4-5-8-17(16)23-18;/h4-5,7-8H,3,6,9-14H2,1-2H3,(H,20,21)(H,22,23);1H. The van der Waals surface area contributed by atoms with Gasteiger partial charge in [0, 0.05) is 52.6 Å². The Kier molecular flexibility index (Phi) is 8.33. The summed E-state index contributed by atoms with van der Waals surface area (Å²) in [5.74, 6) is 2.11. The Hall–Kier alpha value is -1.84. The van der Waals surface area contributed by atoms with E-state index in [2.05, 4.69) is 27.1 Å². The Morgan fingerprint density at radius 3 is 2.59 bits per heavy atom. The van der Waals surface area contributed by atoms with Crippen molar-refractivity contribution in [3.8, 4) is 0 Å². The second-order valence-corrected chi connectivity index (χ2v) is 6.53. The number of aliphatic imine (C=N–C) groups is 1. The van der Waals surface area contributed by atoms with Crippen LogP contribution in [0.15, 0.2) is 29.3 Å². The second kappa shape index (κ2) is 10.5. The van der Waals surface area contributed by atoms with Crippen LogP contribution in [0, 0.1) is 0 Å². The highest BCUT2D eigenvalue weighted by atomic mass is 127. The summed E-state index contributed by atoms with van der Waals surface area (Å²) in [7, 11) is 0. The molecule has 2 aromatic rings. The third-order valence-electron chi connectivity index (χ3n) is 4.63. The van der Waals surface area contributed by atoms with E-state index in [9.17, 15) is 4.79 Å². The van der Waals surface area contributed by atoms with Gasteiger partial charge in [0.15, 0.2) is 5.96 Å². The number of aromatic nitrogens is 2. The average molecular weight is 484 g/mol.